The Kier molecular flexibility index (Phi) is 8.23. The van der Waals surface area contributed by atoms with E-state index in [-0.39, 0.29) is 24.3 Å². The molecule has 1 aromatic heterocycles. The molecule has 3 aromatic rings. The molecule has 1 heterocycles. The second-order valence-electron chi connectivity index (χ2n) is 8.80. The molecule has 6 nitrogen and oxygen atoms in total. The lowest BCUT2D eigenvalue weighted by atomic mass is 9.97. The number of anilines is 1. The number of aryl methyl sites for hydroxylation is 1. The van der Waals surface area contributed by atoms with E-state index in [9.17, 15) is 14.4 Å². The van der Waals surface area contributed by atoms with Gasteiger partial charge in [0.25, 0.3) is 5.91 Å². The second kappa shape index (κ2) is 11.1. The molecular formula is C27H31N3O3S. The number of thiophene rings is 1. The maximum absolute atomic E-state index is 13.7. The van der Waals surface area contributed by atoms with Crippen LogP contribution in [-0.2, 0) is 9.59 Å². The number of hydrogen-bond donors (Lipinski definition) is 2. The molecule has 0 bridgehead atoms. The van der Waals surface area contributed by atoms with Gasteiger partial charge in [0.05, 0.1) is 11.4 Å². The van der Waals surface area contributed by atoms with Crippen molar-refractivity contribution in [3.8, 4) is 0 Å². The fraction of sp³-hybridized carbons (Fsp3) is 0.296. The molecule has 0 aliphatic heterocycles. The molecule has 34 heavy (non-hydrogen) atoms. The number of nitrogens with one attached hydrogen (secondary N) is 2. The summed E-state index contributed by atoms with van der Waals surface area (Å²) in [6.45, 7) is 7.64. The molecule has 1 atom stereocenters. The van der Waals surface area contributed by atoms with Crippen molar-refractivity contribution in [1.29, 1.82) is 0 Å². The van der Waals surface area contributed by atoms with E-state index >= 15 is 0 Å². The van der Waals surface area contributed by atoms with Gasteiger partial charge in [0.2, 0.25) is 11.8 Å². The summed E-state index contributed by atoms with van der Waals surface area (Å²) in [6.07, 6.45) is 0.732. The van der Waals surface area contributed by atoms with Gasteiger partial charge < -0.3 is 10.6 Å². The molecule has 3 rings (SSSR count). The van der Waals surface area contributed by atoms with Crippen LogP contribution in [-0.4, -0.2) is 29.8 Å². The third-order valence-corrected chi connectivity index (χ3v) is 6.56. The van der Waals surface area contributed by atoms with Gasteiger partial charge in [0.15, 0.2) is 0 Å². The first-order chi connectivity index (χ1) is 16.2. The molecule has 0 unspecified atom stereocenters. The minimum Gasteiger partial charge on any atom is -0.349 e. The normalized spacial score (nSPS) is 12.0. The molecule has 3 amide bonds. The number of nitrogens with zero attached hydrogens (tertiary/aromatic N) is 1. The maximum Gasteiger partial charge on any atom is 0.261 e. The Labute approximate surface area is 205 Å². The van der Waals surface area contributed by atoms with Gasteiger partial charge in [0.1, 0.15) is 6.04 Å². The van der Waals surface area contributed by atoms with Crippen LogP contribution in [0.4, 0.5) is 5.69 Å². The van der Waals surface area contributed by atoms with Gasteiger partial charge in [0, 0.05) is 11.2 Å². The van der Waals surface area contributed by atoms with Crippen molar-refractivity contribution in [3.05, 3.63) is 88.1 Å². The van der Waals surface area contributed by atoms with Gasteiger partial charge in [-0.05, 0) is 56.3 Å². The van der Waals surface area contributed by atoms with Crippen molar-refractivity contribution in [2.24, 2.45) is 0 Å². The quantitative estimate of drug-likeness (QED) is 0.462. The first-order valence-electron chi connectivity index (χ1n) is 11.3. The molecule has 0 aliphatic carbocycles. The molecule has 178 valence electrons. The number of carbonyl (C=O) groups excluding carboxylic acids is 3. The lowest BCUT2D eigenvalue weighted by Gasteiger charge is -2.34. The van der Waals surface area contributed by atoms with Gasteiger partial charge in [-0.15, -0.1) is 11.3 Å². The predicted octanol–water partition coefficient (Wildman–Crippen LogP) is 4.87. The van der Waals surface area contributed by atoms with E-state index in [2.05, 4.69) is 10.6 Å². The molecule has 2 N–H and O–H groups in total. The average Bonchev–Trinajstić information content (AvgIpc) is 3.37. The summed E-state index contributed by atoms with van der Waals surface area (Å²) >= 11 is 1.30. The number of amides is 3. The zero-order valence-electron chi connectivity index (χ0n) is 20.0. The van der Waals surface area contributed by atoms with Crippen LogP contribution in [0.3, 0.4) is 0 Å². The van der Waals surface area contributed by atoms with E-state index in [1.165, 1.54) is 16.2 Å². The topological polar surface area (TPSA) is 78.5 Å². The Bertz CT molecular complexity index is 1110. The van der Waals surface area contributed by atoms with Crippen LogP contribution in [0, 0.1) is 6.92 Å². The fourth-order valence-corrected chi connectivity index (χ4v) is 4.06. The molecular weight excluding hydrogens is 446 g/mol. The Balaban J connectivity index is 1.99. The zero-order chi connectivity index (χ0) is 24.7. The number of hydrogen-bond acceptors (Lipinski definition) is 4. The van der Waals surface area contributed by atoms with E-state index in [0.29, 0.717) is 16.1 Å². The van der Waals surface area contributed by atoms with E-state index in [4.69, 9.17) is 0 Å². The lowest BCUT2D eigenvalue weighted by molar-refractivity contribution is -0.127. The summed E-state index contributed by atoms with van der Waals surface area (Å²) in [5.41, 5.74) is 1.88. The smallest absolute Gasteiger partial charge is 0.261 e. The van der Waals surface area contributed by atoms with Gasteiger partial charge in [-0.2, -0.15) is 0 Å². The van der Waals surface area contributed by atoms with Gasteiger partial charge in [-0.25, -0.2) is 0 Å². The Morgan fingerprint density at radius 3 is 2.24 bits per heavy atom. The van der Waals surface area contributed by atoms with Gasteiger partial charge in [-0.3, -0.25) is 19.3 Å². The lowest BCUT2D eigenvalue weighted by Crippen LogP contribution is -2.52. The molecule has 0 saturated heterocycles. The highest BCUT2D eigenvalue weighted by atomic mass is 32.1. The Hall–Kier alpha value is -3.45. The summed E-state index contributed by atoms with van der Waals surface area (Å²) < 4.78 is 0. The number of carbonyl (C=O) groups is 3. The molecule has 0 saturated carbocycles. The summed E-state index contributed by atoms with van der Waals surface area (Å²) in [5.74, 6) is -0.983. The number of para-hydroxylation sites is 1. The molecule has 0 radical (unpaired) electrons. The summed E-state index contributed by atoms with van der Waals surface area (Å²) in [5, 5.41) is 7.60. The SMILES string of the molecule is CCC(C)(C)NC(=O)[C@H](c1ccc(C)cc1)N(C(=O)CNC(=O)c1cccs1)c1ccccc1. The summed E-state index contributed by atoms with van der Waals surface area (Å²) in [7, 11) is 0. The van der Waals surface area contributed by atoms with Crippen LogP contribution in [0.5, 0.6) is 0 Å². The van der Waals surface area contributed by atoms with E-state index in [0.717, 1.165) is 12.0 Å². The predicted molar refractivity (Wildman–Crippen MR) is 137 cm³/mol. The maximum atomic E-state index is 13.7. The van der Waals surface area contributed by atoms with Crippen molar-refractivity contribution in [2.45, 2.75) is 45.7 Å². The standard InChI is InChI=1S/C27H31N3O3S/c1-5-27(3,4)29-26(33)24(20-15-13-19(2)14-16-20)30(21-10-7-6-8-11-21)23(31)18-28-25(32)22-12-9-17-34-22/h6-17,24H,5,18H2,1-4H3,(H,28,32)(H,29,33)/t24-/m0/s1. The molecule has 0 spiro atoms. The van der Waals surface area contributed by atoms with E-state index in [1.807, 2.05) is 70.2 Å². The first-order valence-corrected chi connectivity index (χ1v) is 12.2. The molecule has 0 aliphatic rings. The average molecular weight is 478 g/mol. The first kappa shape index (κ1) is 25.2. The van der Waals surface area contributed by atoms with Crippen molar-refractivity contribution in [1.82, 2.24) is 10.6 Å². The third-order valence-electron chi connectivity index (χ3n) is 5.69. The summed E-state index contributed by atoms with van der Waals surface area (Å²) in [4.78, 5) is 41.7. The Morgan fingerprint density at radius 2 is 1.65 bits per heavy atom. The number of rotatable bonds is 9. The van der Waals surface area contributed by atoms with Crippen LogP contribution < -0.4 is 15.5 Å². The highest BCUT2D eigenvalue weighted by Gasteiger charge is 2.35. The molecule has 7 heteroatoms. The van der Waals surface area contributed by atoms with Crippen molar-refractivity contribution in [2.75, 3.05) is 11.4 Å². The molecule has 0 fully saturated rings. The minimum atomic E-state index is -0.903. The molecule has 2 aromatic carbocycles. The van der Waals surface area contributed by atoms with Gasteiger partial charge >= 0.3 is 0 Å². The van der Waals surface area contributed by atoms with E-state index < -0.39 is 11.6 Å². The van der Waals surface area contributed by atoms with Crippen molar-refractivity contribution >= 4 is 34.7 Å². The number of benzene rings is 2. The highest BCUT2D eigenvalue weighted by Crippen LogP contribution is 2.29. The van der Waals surface area contributed by atoms with Crippen LogP contribution in [0.25, 0.3) is 0 Å². The highest BCUT2D eigenvalue weighted by molar-refractivity contribution is 7.12. The van der Waals surface area contributed by atoms with Crippen LogP contribution in [0.2, 0.25) is 0 Å². The van der Waals surface area contributed by atoms with Crippen molar-refractivity contribution < 1.29 is 14.4 Å². The second-order valence-corrected chi connectivity index (χ2v) is 9.75. The van der Waals surface area contributed by atoms with Gasteiger partial charge in [-0.1, -0.05) is 61.0 Å². The summed E-state index contributed by atoms with van der Waals surface area (Å²) in [6, 6.07) is 19.2. The Morgan fingerprint density at radius 1 is 0.971 bits per heavy atom. The van der Waals surface area contributed by atoms with Crippen LogP contribution in [0.1, 0.15) is 54.0 Å². The monoisotopic (exact) mass is 477 g/mol. The van der Waals surface area contributed by atoms with Crippen LogP contribution in [0.15, 0.2) is 72.1 Å². The van der Waals surface area contributed by atoms with E-state index in [1.54, 1.807) is 29.6 Å². The fourth-order valence-electron chi connectivity index (χ4n) is 3.42. The zero-order valence-corrected chi connectivity index (χ0v) is 20.8. The van der Waals surface area contributed by atoms with Crippen molar-refractivity contribution in [3.63, 3.8) is 0 Å². The minimum absolute atomic E-state index is 0.238. The van der Waals surface area contributed by atoms with Crippen LogP contribution >= 0.6 is 11.3 Å². The largest absolute Gasteiger partial charge is 0.349 e. The third kappa shape index (κ3) is 6.32.